The van der Waals surface area contributed by atoms with Gasteiger partial charge in [0.05, 0.1) is 24.7 Å². The number of aromatic nitrogens is 4. The number of methoxy groups -OCH3 is 1. The molecule has 5 aromatic rings. The predicted octanol–water partition coefficient (Wildman–Crippen LogP) is 5.86. The molecule has 6 heteroatoms. The highest BCUT2D eigenvalue weighted by atomic mass is 16.5. The van der Waals surface area contributed by atoms with E-state index < -0.39 is 0 Å². The van der Waals surface area contributed by atoms with E-state index in [4.69, 9.17) is 16.4 Å². The Morgan fingerprint density at radius 3 is 2.35 bits per heavy atom. The van der Waals surface area contributed by atoms with E-state index in [2.05, 4.69) is 51.2 Å². The van der Waals surface area contributed by atoms with Crippen molar-refractivity contribution in [3.05, 3.63) is 84.2 Å². The number of benzene rings is 3. The molecule has 0 bridgehead atoms. The number of rotatable bonds is 4. The van der Waals surface area contributed by atoms with Crippen LogP contribution in [0.1, 0.15) is 0 Å². The van der Waals surface area contributed by atoms with Crippen molar-refractivity contribution in [1.82, 2.24) is 19.7 Å². The van der Waals surface area contributed by atoms with E-state index in [9.17, 15) is 0 Å². The lowest BCUT2D eigenvalue weighted by Crippen LogP contribution is -1.96. The molecule has 0 amide bonds. The van der Waals surface area contributed by atoms with Gasteiger partial charge in [-0.3, -0.25) is 4.68 Å². The van der Waals surface area contributed by atoms with Crippen molar-refractivity contribution >= 4 is 16.7 Å². The van der Waals surface area contributed by atoms with Gasteiger partial charge in [-0.25, -0.2) is 9.83 Å². The minimum Gasteiger partial charge on any atom is -0.492 e. The molecule has 0 unspecified atom stereocenters. The zero-order valence-corrected chi connectivity index (χ0v) is 17.1. The summed E-state index contributed by atoms with van der Waals surface area (Å²) in [6.45, 7) is 7.21. The molecule has 0 atom stereocenters. The first-order valence-corrected chi connectivity index (χ1v) is 9.82. The second kappa shape index (κ2) is 7.47. The molecule has 5 rings (SSSR count). The summed E-state index contributed by atoms with van der Waals surface area (Å²) in [6.07, 6.45) is 0. The number of nitrogens with zero attached hydrogens (tertiary/aromatic N) is 4. The van der Waals surface area contributed by atoms with Crippen LogP contribution >= 0.6 is 0 Å². The summed E-state index contributed by atoms with van der Waals surface area (Å²) in [5.41, 5.74) is 6.94. The molecule has 31 heavy (non-hydrogen) atoms. The van der Waals surface area contributed by atoms with Gasteiger partial charge in [-0.15, -0.1) is 0 Å². The summed E-state index contributed by atoms with van der Waals surface area (Å²) in [6, 6.07) is 24.0. The molecule has 0 spiro atoms. The van der Waals surface area contributed by atoms with Crippen LogP contribution in [0.25, 0.3) is 49.8 Å². The van der Waals surface area contributed by atoms with Crippen LogP contribution < -0.4 is 4.74 Å². The van der Waals surface area contributed by atoms with Crippen LogP contribution in [0.4, 0.5) is 5.69 Å². The number of ether oxygens (including phenoxy) is 1. The largest absolute Gasteiger partial charge is 0.492 e. The van der Waals surface area contributed by atoms with E-state index in [0.29, 0.717) is 17.3 Å². The SMILES string of the molecule is [C-]#[N+]c1ccc2[nH]c(-c3c(OC)c(-c4ccc(-c5ccccc5)cc4)nn3C)nc2c1. The number of aryl methyl sites for hydroxylation is 1. The van der Waals surface area contributed by atoms with Gasteiger partial charge in [-0.2, -0.15) is 5.10 Å². The monoisotopic (exact) mass is 405 g/mol. The van der Waals surface area contributed by atoms with Gasteiger partial charge in [0, 0.05) is 12.6 Å². The van der Waals surface area contributed by atoms with Crippen molar-refractivity contribution in [3.8, 4) is 39.7 Å². The molecule has 3 aromatic carbocycles. The van der Waals surface area contributed by atoms with E-state index in [1.54, 1.807) is 23.9 Å². The molecular weight excluding hydrogens is 386 g/mol. The average molecular weight is 405 g/mol. The predicted molar refractivity (Wildman–Crippen MR) is 122 cm³/mol. The number of hydrogen-bond donors (Lipinski definition) is 1. The fourth-order valence-corrected chi connectivity index (χ4v) is 3.77. The summed E-state index contributed by atoms with van der Waals surface area (Å²) in [7, 11) is 3.51. The van der Waals surface area contributed by atoms with Crippen LogP contribution in [0.2, 0.25) is 0 Å². The van der Waals surface area contributed by atoms with E-state index >= 15 is 0 Å². The standard InChI is InChI=1S/C25H19N5O/c1-26-19-13-14-20-21(15-19)28-25(27-20)23-24(31-3)22(29-30(23)2)18-11-9-17(10-12-18)16-7-5-4-6-8-16/h4-15H,2-3H3,(H,27,28). The molecule has 0 aliphatic heterocycles. The normalized spacial score (nSPS) is 10.9. The summed E-state index contributed by atoms with van der Waals surface area (Å²) in [5.74, 6) is 1.30. The van der Waals surface area contributed by atoms with Gasteiger partial charge >= 0.3 is 0 Å². The van der Waals surface area contributed by atoms with Crippen molar-refractivity contribution in [2.45, 2.75) is 0 Å². The fourth-order valence-electron chi connectivity index (χ4n) is 3.77. The summed E-state index contributed by atoms with van der Waals surface area (Å²) < 4.78 is 7.54. The third-order valence-electron chi connectivity index (χ3n) is 5.29. The van der Waals surface area contributed by atoms with Crippen molar-refractivity contribution in [1.29, 1.82) is 0 Å². The molecule has 0 aliphatic rings. The average Bonchev–Trinajstić information content (AvgIpc) is 3.39. The molecule has 1 N–H and O–H groups in total. The van der Waals surface area contributed by atoms with E-state index in [1.165, 1.54) is 5.56 Å². The van der Waals surface area contributed by atoms with Gasteiger partial charge in [0.1, 0.15) is 11.4 Å². The van der Waals surface area contributed by atoms with Crippen LogP contribution in [-0.4, -0.2) is 26.9 Å². The molecule has 0 saturated carbocycles. The Labute approximate surface area is 179 Å². The first kappa shape index (κ1) is 18.6. The minimum atomic E-state index is 0.557. The van der Waals surface area contributed by atoms with Gasteiger partial charge in [-0.1, -0.05) is 60.7 Å². The van der Waals surface area contributed by atoms with Gasteiger partial charge < -0.3 is 9.72 Å². The van der Waals surface area contributed by atoms with Crippen LogP contribution in [0.5, 0.6) is 5.75 Å². The maximum Gasteiger partial charge on any atom is 0.189 e. The minimum absolute atomic E-state index is 0.557. The fraction of sp³-hybridized carbons (Fsp3) is 0.0800. The second-order valence-electron chi connectivity index (χ2n) is 7.20. The Hall–Kier alpha value is -4.37. The number of aromatic amines is 1. The van der Waals surface area contributed by atoms with Gasteiger partial charge in [-0.05, 0) is 23.3 Å². The molecule has 0 radical (unpaired) electrons. The third-order valence-corrected chi connectivity index (χ3v) is 5.29. The Morgan fingerprint density at radius 1 is 0.935 bits per heavy atom. The quantitative estimate of drug-likeness (QED) is 0.381. The van der Waals surface area contributed by atoms with Crippen LogP contribution in [0, 0.1) is 6.57 Å². The van der Waals surface area contributed by atoms with Crippen LogP contribution in [0.15, 0.2) is 72.8 Å². The molecule has 2 aromatic heterocycles. The number of nitrogens with one attached hydrogen (secondary N) is 1. The second-order valence-corrected chi connectivity index (χ2v) is 7.20. The van der Waals surface area contributed by atoms with Gasteiger partial charge in [0.25, 0.3) is 0 Å². The lowest BCUT2D eigenvalue weighted by molar-refractivity contribution is 0.417. The number of imidazole rings is 1. The number of hydrogen-bond acceptors (Lipinski definition) is 3. The highest BCUT2D eigenvalue weighted by Crippen LogP contribution is 2.38. The first-order chi connectivity index (χ1) is 15.2. The highest BCUT2D eigenvalue weighted by Gasteiger charge is 2.22. The lowest BCUT2D eigenvalue weighted by atomic mass is 10.0. The first-order valence-electron chi connectivity index (χ1n) is 9.82. The Balaban J connectivity index is 1.58. The highest BCUT2D eigenvalue weighted by molar-refractivity contribution is 5.85. The summed E-state index contributed by atoms with van der Waals surface area (Å²) in [5, 5.41) is 4.72. The van der Waals surface area contributed by atoms with Crippen molar-refractivity contribution in [2.24, 2.45) is 7.05 Å². The zero-order chi connectivity index (χ0) is 21.4. The van der Waals surface area contributed by atoms with E-state index in [0.717, 1.165) is 33.5 Å². The van der Waals surface area contributed by atoms with Crippen molar-refractivity contribution in [2.75, 3.05) is 7.11 Å². The summed E-state index contributed by atoms with van der Waals surface area (Å²) in [4.78, 5) is 11.5. The molecule has 0 fully saturated rings. The van der Waals surface area contributed by atoms with Crippen LogP contribution in [-0.2, 0) is 7.05 Å². The van der Waals surface area contributed by atoms with Gasteiger partial charge in [0.2, 0.25) is 0 Å². The van der Waals surface area contributed by atoms with E-state index in [-0.39, 0.29) is 0 Å². The molecular formula is C25H19N5O. The smallest absolute Gasteiger partial charge is 0.189 e. The molecule has 0 aliphatic carbocycles. The van der Waals surface area contributed by atoms with E-state index in [1.807, 2.05) is 31.3 Å². The van der Waals surface area contributed by atoms with Crippen LogP contribution in [0.3, 0.4) is 0 Å². The summed E-state index contributed by atoms with van der Waals surface area (Å²) >= 11 is 0. The topological polar surface area (TPSA) is 60.1 Å². The third kappa shape index (κ3) is 3.22. The lowest BCUT2D eigenvalue weighted by Gasteiger charge is -2.05. The Morgan fingerprint density at radius 2 is 1.65 bits per heavy atom. The molecule has 2 heterocycles. The van der Waals surface area contributed by atoms with Crippen molar-refractivity contribution < 1.29 is 4.74 Å². The Bertz CT molecular complexity index is 1420. The van der Waals surface area contributed by atoms with Gasteiger partial charge in [0.15, 0.2) is 17.3 Å². The number of H-pyrrole nitrogens is 1. The molecule has 0 saturated heterocycles. The zero-order valence-electron chi connectivity index (χ0n) is 17.1. The number of fused-ring (bicyclic) bond motifs is 1. The maximum atomic E-state index is 7.21. The molecule has 150 valence electrons. The maximum absolute atomic E-state index is 7.21. The van der Waals surface area contributed by atoms with Crippen molar-refractivity contribution in [3.63, 3.8) is 0 Å². The Kier molecular flexibility index (Phi) is 4.49. The molecule has 6 nitrogen and oxygen atoms in total.